The number of aliphatic hydroxyl groups is 2. The maximum Gasteiger partial charge on any atom is 0.0634 e. The molecule has 0 bridgehead atoms. The second-order valence-corrected chi connectivity index (χ2v) is 3.71. The third-order valence-electron chi connectivity index (χ3n) is 2.73. The topological polar surface area (TPSA) is 40.5 Å². The first-order valence-corrected chi connectivity index (χ1v) is 4.68. The van der Waals surface area contributed by atoms with Crippen LogP contribution >= 0.6 is 0 Å². The molecule has 13 heavy (non-hydrogen) atoms. The van der Waals surface area contributed by atoms with Gasteiger partial charge in [0, 0.05) is 5.92 Å². The maximum absolute atomic E-state index is 9.65. The fraction of sp³-hybridized carbons (Fsp3) is 0.455. The highest BCUT2D eigenvalue weighted by molar-refractivity contribution is 5.22. The standard InChI is InChI=1S/C11H14O2/c12-9-6-10(11(13)7-9)8-4-2-1-3-5-8/h1-5,9-13H,6-7H2/t9-,10-,11+/m0/s1. The van der Waals surface area contributed by atoms with Crippen LogP contribution in [0, 0.1) is 0 Å². The molecule has 1 aromatic carbocycles. The maximum atomic E-state index is 9.65. The molecule has 1 aliphatic rings. The Hall–Kier alpha value is -0.860. The molecule has 2 N–H and O–H groups in total. The molecule has 0 amide bonds. The quantitative estimate of drug-likeness (QED) is 0.680. The Morgan fingerprint density at radius 2 is 1.69 bits per heavy atom. The predicted molar refractivity (Wildman–Crippen MR) is 50.4 cm³/mol. The molecule has 1 saturated carbocycles. The summed E-state index contributed by atoms with van der Waals surface area (Å²) in [5.74, 6) is 0.121. The highest BCUT2D eigenvalue weighted by Crippen LogP contribution is 2.34. The van der Waals surface area contributed by atoms with Crippen LogP contribution < -0.4 is 0 Å². The van der Waals surface area contributed by atoms with Gasteiger partial charge in [0.25, 0.3) is 0 Å². The van der Waals surface area contributed by atoms with Crippen molar-refractivity contribution in [3.63, 3.8) is 0 Å². The Morgan fingerprint density at radius 1 is 1.00 bits per heavy atom. The molecular formula is C11H14O2. The summed E-state index contributed by atoms with van der Waals surface area (Å²) in [5.41, 5.74) is 1.13. The molecular weight excluding hydrogens is 164 g/mol. The number of rotatable bonds is 1. The van der Waals surface area contributed by atoms with E-state index in [-0.39, 0.29) is 18.1 Å². The number of hydrogen-bond acceptors (Lipinski definition) is 2. The summed E-state index contributed by atoms with van der Waals surface area (Å²) < 4.78 is 0. The lowest BCUT2D eigenvalue weighted by Crippen LogP contribution is -2.10. The van der Waals surface area contributed by atoms with Gasteiger partial charge < -0.3 is 10.2 Å². The molecule has 0 heterocycles. The lowest BCUT2D eigenvalue weighted by molar-refractivity contribution is 0.132. The van der Waals surface area contributed by atoms with Gasteiger partial charge in [-0.25, -0.2) is 0 Å². The SMILES string of the molecule is O[C@@H]1C[C@@H](O)[C@H](c2ccccc2)C1. The van der Waals surface area contributed by atoms with Gasteiger partial charge in [0.05, 0.1) is 12.2 Å². The monoisotopic (exact) mass is 178 g/mol. The summed E-state index contributed by atoms with van der Waals surface area (Å²) in [6.45, 7) is 0. The zero-order valence-electron chi connectivity index (χ0n) is 7.43. The van der Waals surface area contributed by atoms with Crippen molar-refractivity contribution < 1.29 is 10.2 Å². The first-order chi connectivity index (χ1) is 6.27. The second kappa shape index (κ2) is 3.48. The molecule has 0 aliphatic heterocycles. The van der Waals surface area contributed by atoms with Gasteiger partial charge in [-0.1, -0.05) is 30.3 Å². The fourth-order valence-electron chi connectivity index (χ4n) is 2.05. The zero-order chi connectivity index (χ0) is 9.26. The molecule has 1 aromatic rings. The van der Waals surface area contributed by atoms with Gasteiger partial charge in [0.2, 0.25) is 0 Å². The van der Waals surface area contributed by atoms with E-state index in [0.29, 0.717) is 12.8 Å². The van der Waals surface area contributed by atoms with E-state index in [9.17, 15) is 10.2 Å². The van der Waals surface area contributed by atoms with E-state index in [1.165, 1.54) is 0 Å². The van der Waals surface area contributed by atoms with Crippen LogP contribution in [0.25, 0.3) is 0 Å². The fourth-order valence-corrected chi connectivity index (χ4v) is 2.05. The lowest BCUT2D eigenvalue weighted by atomic mass is 9.96. The van der Waals surface area contributed by atoms with Crippen molar-refractivity contribution in [1.82, 2.24) is 0 Å². The Kier molecular flexibility index (Phi) is 2.34. The average molecular weight is 178 g/mol. The minimum absolute atomic E-state index is 0.121. The van der Waals surface area contributed by atoms with Crippen LogP contribution in [0.1, 0.15) is 24.3 Å². The van der Waals surface area contributed by atoms with Crippen LogP contribution in [0.4, 0.5) is 0 Å². The molecule has 2 heteroatoms. The summed E-state index contributed by atoms with van der Waals surface area (Å²) in [6.07, 6.45) is 0.489. The molecule has 70 valence electrons. The highest BCUT2D eigenvalue weighted by atomic mass is 16.3. The highest BCUT2D eigenvalue weighted by Gasteiger charge is 2.32. The molecule has 0 aromatic heterocycles. The third kappa shape index (κ3) is 1.74. The van der Waals surface area contributed by atoms with Gasteiger partial charge in [0.15, 0.2) is 0 Å². The molecule has 0 radical (unpaired) electrons. The average Bonchev–Trinajstić information content (AvgIpc) is 2.47. The van der Waals surface area contributed by atoms with Gasteiger partial charge in [-0.2, -0.15) is 0 Å². The zero-order valence-corrected chi connectivity index (χ0v) is 7.43. The lowest BCUT2D eigenvalue weighted by Gasteiger charge is -2.13. The van der Waals surface area contributed by atoms with Crippen molar-refractivity contribution in [1.29, 1.82) is 0 Å². The van der Waals surface area contributed by atoms with Crippen molar-refractivity contribution in [3.05, 3.63) is 35.9 Å². The summed E-state index contributed by atoms with van der Waals surface area (Å²) in [7, 11) is 0. The van der Waals surface area contributed by atoms with Crippen LogP contribution in [0.2, 0.25) is 0 Å². The molecule has 3 atom stereocenters. The van der Waals surface area contributed by atoms with Crippen molar-refractivity contribution >= 4 is 0 Å². The van der Waals surface area contributed by atoms with Gasteiger partial charge in [-0.15, -0.1) is 0 Å². The van der Waals surface area contributed by atoms with E-state index in [1.54, 1.807) is 0 Å². The van der Waals surface area contributed by atoms with E-state index in [1.807, 2.05) is 30.3 Å². The van der Waals surface area contributed by atoms with Crippen molar-refractivity contribution in [2.45, 2.75) is 31.0 Å². The number of aliphatic hydroxyl groups excluding tert-OH is 2. The van der Waals surface area contributed by atoms with Gasteiger partial charge in [-0.3, -0.25) is 0 Å². The van der Waals surface area contributed by atoms with Gasteiger partial charge in [-0.05, 0) is 18.4 Å². The van der Waals surface area contributed by atoms with Gasteiger partial charge >= 0.3 is 0 Å². The Morgan fingerprint density at radius 3 is 2.23 bits per heavy atom. The van der Waals surface area contributed by atoms with Crippen molar-refractivity contribution in [3.8, 4) is 0 Å². The predicted octanol–water partition coefficient (Wildman–Crippen LogP) is 1.29. The summed E-state index contributed by atoms with van der Waals surface area (Å²) >= 11 is 0. The molecule has 0 saturated heterocycles. The summed E-state index contributed by atoms with van der Waals surface area (Å²) in [5, 5.41) is 19.0. The van der Waals surface area contributed by atoms with E-state index < -0.39 is 0 Å². The Balaban J connectivity index is 2.18. The molecule has 0 spiro atoms. The summed E-state index contributed by atoms with van der Waals surface area (Å²) in [4.78, 5) is 0. The largest absolute Gasteiger partial charge is 0.393 e. The van der Waals surface area contributed by atoms with E-state index in [4.69, 9.17) is 0 Å². The van der Waals surface area contributed by atoms with E-state index >= 15 is 0 Å². The first-order valence-electron chi connectivity index (χ1n) is 4.68. The smallest absolute Gasteiger partial charge is 0.0634 e. The van der Waals surface area contributed by atoms with E-state index in [0.717, 1.165) is 5.56 Å². The minimum atomic E-state index is -0.377. The molecule has 2 rings (SSSR count). The minimum Gasteiger partial charge on any atom is -0.393 e. The van der Waals surface area contributed by atoms with E-state index in [2.05, 4.69) is 0 Å². The Labute approximate surface area is 77.8 Å². The Bertz CT molecular complexity index is 271. The van der Waals surface area contributed by atoms with Crippen LogP contribution in [0.15, 0.2) is 30.3 Å². The third-order valence-corrected chi connectivity index (χ3v) is 2.73. The summed E-state index contributed by atoms with van der Waals surface area (Å²) in [6, 6.07) is 9.90. The molecule has 0 unspecified atom stereocenters. The number of benzene rings is 1. The van der Waals surface area contributed by atoms with Crippen LogP contribution in [0.3, 0.4) is 0 Å². The number of hydrogen-bond donors (Lipinski definition) is 2. The normalized spacial score (nSPS) is 33.5. The van der Waals surface area contributed by atoms with Crippen LogP contribution in [0.5, 0.6) is 0 Å². The van der Waals surface area contributed by atoms with Crippen molar-refractivity contribution in [2.75, 3.05) is 0 Å². The second-order valence-electron chi connectivity index (χ2n) is 3.71. The van der Waals surface area contributed by atoms with Crippen molar-refractivity contribution in [2.24, 2.45) is 0 Å². The van der Waals surface area contributed by atoms with Gasteiger partial charge in [0.1, 0.15) is 0 Å². The molecule has 1 fully saturated rings. The van der Waals surface area contributed by atoms with Crippen LogP contribution in [-0.4, -0.2) is 22.4 Å². The van der Waals surface area contributed by atoms with Crippen LogP contribution in [-0.2, 0) is 0 Å². The molecule has 1 aliphatic carbocycles. The first kappa shape index (κ1) is 8.73. The molecule has 2 nitrogen and oxygen atoms in total.